The lowest BCUT2D eigenvalue weighted by Gasteiger charge is -2.40. The Balaban J connectivity index is 0.000000461. The normalized spacial score (nSPS) is 20.3. The predicted octanol–water partition coefficient (Wildman–Crippen LogP) is 8.51. The van der Waals surface area contributed by atoms with Crippen LogP contribution in [-0.4, -0.2) is 4.98 Å². The number of allylic oxidation sites excluding steroid dienone is 6. The smallest absolute Gasteiger partial charge is 0.0749 e. The Morgan fingerprint density at radius 1 is 1.13 bits per heavy atom. The summed E-state index contributed by atoms with van der Waals surface area (Å²) >= 11 is 0. The standard InChI is InChI=1S/C24H27N.C5H12/c1-5-6-9-16(2)18-11-8-13-20-22(18)23-21-17(14-15-25-23)10-7-12-19(21)24(20,3)4;1-4-5(2)3/h6-10,12-16,18H,5,11H2,1-4H3;5H,4H2,1-3H3. The molecule has 30 heavy (non-hydrogen) atoms. The second-order valence-electron chi connectivity index (χ2n) is 9.76. The molecular formula is C29H39N. The third-order valence-corrected chi connectivity index (χ3v) is 6.86. The van der Waals surface area contributed by atoms with E-state index in [1.807, 2.05) is 6.20 Å². The maximum absolute atomic E-state index is 4.88. The van der Waals surface area contributed by atoms with Crippen molar-refractivity contribution in [2.75, 3.05) is 0 Å². The van der Waals surface area contributed by atoms with Crippen molar-refractivity contribution in [1.29, 1.82) is 0 Å². The van der Waals surface area contributed by atoms with Gasteiger partial charge in [-0.2, -0.15) is 0 Å². The van der Waals surface area contributed by atoms with E-state index in [9.17, 15) is 0 Å². The average Bonchev–Trinajstić information content (AvgIpc) is 2.75. The van der Waals surface area contributed by atoms with Gasteiger partial charge in [-0.05, 0) is 58.8 Å². The Hall–Kier alpha value is -2.15. The third kappa shape index (κ3) is 4.17. The molecule has 160 valence electrons. The first-order valence-corrected chi connectivity index (χ1v) is 11.8. The highest BCUT2D eigenvalue weighted by Crippen LogP contribution is 2.52. The van der Waals surface area contributed by atoms with E-state index in [-0.39, 0.29) is 5.41 Å². The van der Waals surface area contributed by atoms with Gasteiger partial charge in [0, 0.05) is 17.0 Å². The Labute approximate surface area is 184 Å². The average molecular weight is 402 g/mol. The molecule has 2 aromatic rings. The van der Waals surface area contributed by atoms with Crippen LogP contribution in [0.2, 0.25) is 0 Å². The van der Waals surface area contributed by atoms with Crippen molar-refractivity contribution in [3.63, 3.8) is 0 Å². The monoisotopic (exact) mass is 401 g/mol. The number of hydrogen-bond donors (Lipinski definition) is 0. The summed E-state index contributed by atoms with van der Waals surface area (Å²) in [5, 5.41) is 2.67. The highest BCUT2D eigenvalue weighted by Gasteiger charge is 2.39. The van der Waals surface area contributed by atoms with Crippen LogP contribution in [0.15, 0.2) is 60.3 Å². The molecule has 1 heterocycles. The molecular weight excluding hydrogens is 362 g/mol. The maximum Gasteiger partial charge on any atom is 0.0749 e. The number of rotatable bonds is 4. The van der Waals surface area contributed by atoms with Crippen LogP contribution in [0.3, 0.4) is 0 Å². The zero-order chi connectivity index (χ0) is 21.9. The van der Waals surface area contributed by atoms with Gasteiger partial charge in [-0.25, -0.2) is 0 Å². The van der Waals surface area contributed by atoms with Gasteiger partial charge < -0.3 is 0 Å². The van der Waals surface area contributed by atoms with Gasteiger partial charge >= 0.3 is 0 Å². The van der Waals surface area contributed by atoms with Crippen molar-refractivity contribution in [2.24, 2.45) is 17.8 Å². The van der Waals surface area contributed by atoms with E-state index in [0.29, 0.717) is 11.8 Å². The fourth-order valence-corrected chi connectivity index (χ4v) is 4.65. The molecule has 0 saturated carbocycles. The number of pyridine rings is 1. The van der Waals surface area contributed by atoms with E-state index in [4.69, 9.17) is 4.98 Å². The van der Waals surface area contributed by atoms with Crippen LogP contribution in [0.4, 0.5) is 0 Å². The van der Waals surface area contributed by atoms with Gasteiger partial charge in [-0.1, -0.05) is 97.4 Å². The largest absolute Gasteiger partial charge is 0.256 e. The zero-order valence-electron chi connectivity index (χ0n) is 20.0. The van der Waals surface area contributed by atoms with Crippen molar-refractivity contribution in [3.05, 3.63) is 71.6 Å². The molecule has 1 heteroatoms. The van der Waals surface area contributed by atoms with Crippen LogP contribution in [0.25, 0.3) is 16.3 Å². The van der Waals surface area contributed by atoms with Gasteiger partial charge in [0.15, 0.2) is 0 Å². The SMILES string of the molecule is CCC(C)C.CCC=CC(C)C1CC=CC2=C1c1nccc3cccc(c13)C2(C)C. The second-order valence-corrected chi connectivity index (χ2v) is 9.76. The van der Waals surface area contributed by atoms with Crippen molar-refractivity contribution >= 4 is 16.3 Å². The summed E-state index contributed by atoms with van der Waals surface area (Å²) in [4.78, 5) is 4.88. The van der Waals surface area contributed by atoms with Gasteiger partial charge in [0.2, 0.25) is 0 Å². The van der Waals surface area contributed by atoms with E-state index in [1.165, 1.54) is 39.6 Å². The molecule has 0 radical (unpaired) electrons. The first-order valence-electron chi connectivity index (χ1n) is 11.8. The zero-order valence-corrected chi connectivity index (χ0v) is 20.0. The third-order valence-electron chi connectivity index (χ3n) is 6.86. The Bertz CT molecular complexity index is 966. The number of aromatic nitrogens is 1. The molecule has 0 fully saturated rings. The maximum atomic E-state index is 4.88. The second kappa shape index (κ2) is 9.33. The van der Waals surface area contributed by atoms with Crippen molar-refractivity contribution in [2.45, 2.75) is 73.1 Å². The molecule has 0 spiro atoms. The number of benzene rings is 1. The summed E-state index contributed by atoms with van der Waals surface area (Å²) in [7, 11) is 0. The van der Waals surface area contributed by atoms with Crippen LogP contribution in [0.1, 0.15) is 79.0 Å². The highest BCUT2D eigenvalue weighted by atomic mass is 14.7. The van der Waals surface area contributed by atoms with Crippen LogP contribution < -0.4 is 0 Å². The molecule has 0 bridgehead atoms. The van der Waals surface area contributed by atoms with Gasteiger partial charge in [-0.3, -0.25) is 4.98 Å². The van der Waals surface area contributed by atoms with Crippen molar-refractivity contribution in [1.82, 2.24) is 4.98 Å². The summed E-state index contributed by atoms with van der Waals surface area (Å²) in [5.41, 5.74) is 5.58. The summed E-state index contributed by atoms with van der Waals surface area (Å²) in [5.74, 6) is 1.91. The molecule has 2 atom stereocenters. The van der Waals surface area contributed by atoms with E-state index in [2.05, 4.69) is 97.0 Å². The minimum Gasteiger partial charge on any atom is -0.256 e. The molecule has 0 N–H and O–H groups in total. The number of nitrogens with zero attached hydrogens (tertiary/aromatic N) is 1. The lowest BCUT2D eigenvalue weighted by molar-refractivity contribution is 0.511. The fraction of sp³-hybridized carbons (Fsp3) is 0.483. The minimum atomic E-state index is 0.0221. The Morgan fingerprint density at radius 3 is 2.53 bits per heavy atom. The van der Waals surface area contributed by atoms with Crippen molar-refractivity contribution < 1.29 is 0 Å². The first kappa shape index (κ1) is 22.5. The van der Waals surface area contributed by atoms with Crippen LogP contribution in [0, 0.1) is 17.8 Å². The summed E-state index contributed by atoms with van der Waals surface area (Å²) in [6.45, 7) is 15.9. The van der Waals surface area contributed by atoms with E-state index in [0.717, 1.165) is 18.8 Å². The van der Waals surface area contributed by atoms with E-state index in [1.54, 1.807) is 0 Å². The molecule has 1 aromatic heterocycles. The molecule has 4 rings (SSSR count). The summed E-state index contributed by atoms with van der Waals surface area (Å²) in [6, 6.07) is 8.85. The van der Waals surface area contributed by atoms with E-state index < -0.39 is 0 Å². The molecule has 2 aliphatic carbocycles. The molecule has 1 aromatic carbocycles. The molecule has 1 nitrogen and oxygen atoms in total. The quantitative estimate of drug-likeness (QED) is 0.468. The lowest BCUT2D eigenvalue weighted by Crippen LogP contribution is -2.30. The first-order chi connectivity index (χ1) is 14.3. The Kier molecular flexibility index (Phi) is 7.01. The van der Waals surface area contributed by atoms with Crippen LogP contribution >= 0.6 is 0 Å². The number of hydrogen-bond acceptors (Lipinski definition) is 1. The number of fused-ring (bicyclic) bond motifs is 1. The van der Waals surface area contributed by atoms with Crippen molar-refractivity contribution in [3.8, 4) is 0 Å². The molecule has 0 amide bonds. The Morgan fingerprint density at radius 2 is 1.87 bits per heavy atom. The van der Waals surface area contributed by atoms with Crippen LogP contribution in [0.5, 0.6) is 0 Å². The van der Waals surface area contributed by atoms with Gasteiger partial charge in [0.05, 0.1) is 5.69 Å². The molecule has 2 aliphatic rings. The van der Waals surface area contributed by atoms with E-state index >= 15 is 0 Å². The van der Waals surface area contributed by atoms with Gasteiger partial charge in [0.1, 0.15) is 0 Å². The predicted molar refractivity (Wildman–Crippen MR) is 133 cm³/mol. The minimum absolute atomic E-state index is 0.0221. The topological polar surface area (TPSA) is 12.9 Å². The lowest BCUT2D eigenvalue weighted by atomic mass is 9.63. The van der Waals surface area contributed by atoms with Gasteiger partial charge in [0.25, 0.3) is 0 Å². The molecule has 0 aliphatic heterocycles. The molecule has 0 saturated heterocycles. The highest BCUT2D eigenvalue weighted by molar-refractivity contribution is 6.00. The summed E-state index contributed by atoms with van der Waals surface area (Å²) in [6.07, 6.45) is 14.9. The van der Waals surface area contributed by atoms with Crippen LogP contribution in [-0.2, 0) is 5.41 Å². The fourth-order valence-electron chi connectivity index (χ4n) is 4.65. The van der Waals surface area contributed by atoms with Gasteiger partial charge in [-0.15, -0.1) is 0 Å². The molecule has 2 unspecified atom stereocenters. The summed E-state index contributed by atoms with van der Waals surface area (Å²) < 4.78 is 0.